The number of thioether (sulfide) groups is 1. The third-order valence-corrected chi connectivity index (χ3v) is 5.67. The van der Waals surface area contributed by atoms with E-state index in [9.17, 15) is 4.79 Å². The Labute approximate surface area is 154 Å². The first kappa shape index (κ1) is 18.4. The molecule has 0 saturated carbocycles. The van der Waals surface area contributed by atoms with Crippen molar-refractivity contribution in [3.8, 4) is 5.75 Å². The van der Waals surface area contributed by atoms with E-state index in [0.29, 0.717) is 6.61 Å². The van der Waals surface area contributed by atoms with Crippen LogP contribution in [0, 0.1) is 5.92 Å². The molecule has 138 valence electrons. The summed E-state index contributed by atoms with van der Waals surface area (Å²) in [6.45, 7) is 3.13. The largest absolute Gasteiger partial charge is 0.491 e. The quantitative estimate of drug-likeness (QED) is 0.833. The van der Waals surface area contributed by atoms with Crippen LogP contribution in [-0.2, 0) is 4.74 Å². The van der Waals surface area contributed by atoms with E-state index in [1.165, 1.54) is 5.75 Å². The highest BCUT2D eigenvalue weighted by molar-refractivity contribution is 7.98. The third-order valence-electron chi connectivity index (χ3n) is 4.87. The normalized spacial score (nSPS) is 21.3. The Bertz CT molecular complexity index is 538. The molecule has 0 aromatic heterocycles. The predicted molar refractivity (Wildman–Crippen MR) is 103 cm³/mol. The Hall–Kier alpha value is -1.40. The average Bonchev–Trinajstić information content (AvgIpc) is 3.15. The molecule has 3 rings (SSSR count). The number of urea groups is 1. The van der Waals surface area contributed by atoms with Crippen LogP contribution in [0.2, 0.25) is 0 Å². The number of ether oxygens (including phenoxy) is 2. The van der Waals surface area contributed by atoms with E-state index in [2.05, 4.69) is 11.6 Å². The number of carbonyl (C=O) groups excluding carboxylic acids is 1. The van der Waals surface area contributed by atoms with E-state index in [0.717, 1.165) is 62.7 Å². The van der Waals surface area contributed by atoms with E-state index in [-0.39, 0.29) is 12.1 Å². The zero-order valence-corrected chi connectivity index (χ0v) is 15.7. The average molecular weight is 365 g/mol. The number of carbonyl (C=O) groups is 1. The number of nitrogens with zero attached hydrogens (tertiary/aromatic N) is 1. The first-order chi connectivity index (χ1) is 12.2. The third kappa shape index (κ3) is 5.54. The lowest BCUT2D eigenvalue weighted by Crippen LogP contribution is -2.41. The smallest absolute Gasteiger partial charge is 0.321 e. The van der Waals surface area contributed by atoms with E-state index in [4.69, 9.17) is 9.47 Å². The van der Waals surface area contributed by atoms with Crippen molar-refractivity contribution in [2.75, 3.05) is 43.6 Å². The molecule has 2 heterocycles. The number of amides is 2. The molecule has 5 nitrogen and oxygen atoms in total. The van der Waals surface area contributed by atoms with Crippen molar-refractivity contribution >= 4 is 23.5 Å². The minimum atomic E-state index is -0.00405. The molecule has 1 aromatic carbocycles. The number of anilines is 1. The van der Waals surface area contributed by atoms with Crippen molar-refractivity contribution in [2.24, 2.45) is 5.92 Å². The van der Waals surface area contributed by atoms with Gasteiger partial charge in [0.25, 0.3) is 0 Å². The van der Waals surface area contributed by atoms with Crippen molar-refractivity contribution in [3.05, 3.63) is 24.3 Å². The molecule has 0 radical (unpaired) electrons. The van der Waals surface area contributed by atoms with Gasteiger partial charge in [0.2, 0.25) is 0 Å². The van der Waals surface area contributed by atoms with Crippen LogP contribution >= 0.6 is 11.8 Å². The number of likely N-dealkylation sites (tertiary alicyclic amines) is 1. The lowest BCUT2D eigenvalue weighted by Gasteiger charge is -2.31. The monoisotopic (exact) mass is 364 g/mol. The molecule has 1 N–H and O–H groups in total. The number of nitrogens with one attached hydrogen (secondary N) is 1. The topological polar surface area (TPSA) is 50.8 Å². The maximum atomic E-state index is 12.4. The van der Waals surface area contributed by atoms with Gasteiger partial charge in [0.1, 0.15) is 12.4 Å². The fourth-order valence-electron chi connectivity index (χ4n) is 3.34. The van der Waals surface area contributed by atoms with Crippen LogP contribution in [0.25, 0.3) is 0 Å². The Morgan fingerprint density at radius 3 is 2.68 bits per heavy atom. The van der Waals surface area contributed by atoms with Gasteiger partial charge < -0.3 is 19.7 Å². The summed E-state index contributed by atoms with van der Waals surface area (Å²) in [7, 11) is 0. The number of rotatable bonds is 6. The van der Waals surface area contributed by atoms with Crippen molar-refractivity contribution in [1.29, 1.82) is 0 Å². The van der Waals surface area contributed by atoms with Gasteiger partial charge >= 0.3 is 6.03 Å². The van der Waals surface area contributed by atoms with Gasteiger partial charge in [0, 0.05) is 25.4 Å². The minimum absolute atomic E-state index is 0.00405. The maximum Gasteiger partial charge on any atom is 0.321 e. The van der Waals surface area contributed by atoms with Gasteiger partial charge in [-0.3, -0.25) is 0 Å². The predicted octanol–water partition coefficient (Wildman–Crippen LogP) is 3.85. The Morgan fingerprint density at radius 2 is 2.04 bits per heavy atom. The molecule has 25 heavy (non-hydrogen) atoms. The lowest BCUT2D eigenvalue weighted by molar-refractivity contribution is 0.0679. The van der Waals surface area contributed by atoms with Gasteiger partial charge in [0.05, 0.1) is 6.10 Å². The van der Waals surface area contributed by atoms with Gasteiger partial charge in [-0.05, 0) is 67.9 Å². The van der Waals surface area contributed by atoms with Gasteiger partial charge in [-0.25, -0.2) is 4.79 Å². The highest BCUT2D eigenvalue weighted by Gasteiger charge is 2.22. The second-order valence-corrected chi connectivity index (χ2v) is 7.70. The Morgan fingerprint density at radius 1 is 1.28 bits per heavy atom. The molecule has 2 aliphatic rings. The number of hydrogen-bond acceptors (Lipinski definition) is 4. The molecule has 2 aliphatic heterocycles. The van der Waals surface area contributed by atoms with Crippen LogP contribution in [0.15, 0.2) is 24.3 Å². The van der Waals surface area contributed by atoms with Crippen molar-refractivity contribution in [2.45, 2.75) is 31.8 Å². The first-order valence-corrected chi connectivity index (χ1v) is 10.5. The van der Waals surface area contributed by atoms with Gasteiger partial charge in [-0.1, -0.05) is 0 Å². The van der Waals surface area contributed by atoms with Crippen LogP contribution in [-0.4, -0.2) is 55.3 Å². The van der Waals surface area contributed by atoms with Gasteiger partial charge in [-0.2, -0.15) is 11.8 Å². The summed E-state index contributed by atoms with van der Waals surface area (Å²) in [5.74, 6) is 2.76. The van der Waals surface area contributed by atoms with E-state index in [1.807, 2.05) is 40.9 Å². The molecule has 2 fully saturated rings. The van der Waals surface area contributed by atoms with Crippen LogP contribution in [0.4, 0.5) is 10.5 Å². The standard InChI is InChI=1S/C19H28N2O3S/c1-25-14-15-8-10-21(11-9-15)19(22)20-16-4-6-17(7-5-16)24-13-18-3-2-12-23-18/h4-7,15,18H,2-3,8-14H2,1H3,(H,20,22). The van der Waals surface area contributed by atoms with Crippen molar-refractivity contribution < 1.29 is 14.3 Å². The SMILES string of the molecule is CSCC1CCN(C(=O)Nc2ccc(OCC3CCCO3)cc2)CC1. The van der Waals surface area contributed by atoms with Crippen molar-refractivity contribution in [3.63, 3.8) is 0 Å². The Balaban J connectivity index is 1.42. The molecule has 2 saturated heterocycles. The summed E-state index contributed by atoms with van der Waals surface area (Å²) < 4.78 is 11.3. The van der Waals surface area contributed by atoms with Gasteiger partial charge in [-0.15, -0.1) is 0 Å². The van der Waals surface area contributed by atoms with Crippen LogP contribution in [0.3, 0.4) is 0 Å². The fraction of sp³-hybridized carbons (Fsp3) is 0.632. The second-order valence-electron chi connectivity index (χ2n) is 6.79. The molecule has 1 atom stereocenters. The molecule has 0 spiro atoms. The van der Waals surface area contributed by atoms with E-state index < -0.39 is 0 Å². The molecular weight excluding hydrogens is 336 g/mol. The summed E-state index contributed by atoms with van der Waals surface area (Å²) in [5, 5.41) is 2.98. The lowest BCUT2D eigenvalue weighted by atomic mass is 9.99. The Kier molecular flexibility index (Phi) is 6.87. The minimum Gasteiger partial charge on any atom is -0.491 e. The molecule has 1 unspecified atom stereocenters. The summed E-state index contributed by atoms with van der Waals surface area (Å²) in [4.78, 5) is 14.3. The molecular formula is C19H28N2O3S. The second kappa shape index (κ2) is 9.34. The van der Waals surface area contributed by atoms with Crippen LogP contribution in [0.5, 0.6) is 5.75 Å². The summed E-state index contributed by atoms with van der Waals surface area (Å²) in [6, 6.07) is 7.58. The fourth-order valence-corrected chi connectivity index (χ4v) is 4.15. The van der Waals surface area contributed by atoms with Crippen LogP contribution in [0.1, 0.15) is 25.7 Å². The van der Waals surface area contributed by atoms with Gasteiger partial charge in [0.15, 0.2) is 0 Å². The van der Waals surface area contributed by atoms with Crippen LogP contribution < -0.4 is 10.1 Å². The summed E-state index contributed by atoms with van der Waals surface area (Å²) in [5.41, 5.74) is 0.806. The molecule has 0 aliphatic carbocycles. The maximum absolute atomic E-state index is 12.4. The molecule has 0 bridgehead atoms. The highest BCUT2D eigenvalue weighted by Crippen LogP contribution is 2.22. The van der Waals surface area contributed by atoms with E-state index >= 15 is 0 Å². The summed E-state index contributed by atoms with van der Waals surface area (Å²) in [6.07, 6.45) is 6.75. The number of hydrogen-bond donors (Lipinski definition) is 1. The zero-order valence-electron chi connectivity index (χ0n) is 14.9. The molecule has 2 amide bonds. The zero-order chi connectivity index (χ0) is 17.5. The van der Waals surface area contributed by atoms with Crippen molar-refractivity contribution in [1.82, 2.24) is 4.90 Å². The highest BCUT2D eigenvalue weighted by atomic mass is 32.2. The number of piperidine rings is 1. The molecule has 1 aromatic rings. The number of benzene rings is 1. The first-order valence-electron chi connectivity index (χ1n) is 9.14. The molecule has 6 heteroatoms. The summed E-state index contributed by atoms with van der Waals surface area (Å²) >= 11 is 1.89. The van der Waals surface area contributed by atoms with E-state index in [1.54, 1.807) is 0 Å².